The average Bonchev–Trinajstić information content (AvgIpc) is 2.58. The first-order chi connectivity index (χ1) is 9.65. The molecule has 0 aliphatic carbocycles. The predicted molar refractivity (Wildman–Crippen MR) is 85.3 cm³/mol. The number of nitrogens with zero attached hydrogens (tertiary/aromatic N) is 4. The van der Waals surface area contributed by atoms with Gasteiger partial charge in [0.15, 0.2) is 9.49 Å². The molecule has 0 unspecified atom stereocenters. The minimum Gasteiger partial charge on any atom is -0.282 e. The summed E-state index contributed by atoms with van der Waals surface area (Å²) in [6, 6.07) is 0.603. The van der Waals surface area contributed by atoms with Crippen molar-refractivity contribution in [3.8, 4) is 0 Å². The van der Waals surface area contributed by atoms with Crippen molar-refractivity contribution in [2.24, 2.45) is 4.99 Å². The number of hydrogen-bond acceptors (Lipinski definition) is 5. The quantitative estimate of drug-likeness (QED) is 0.727. The van der Waals surface area contributed by atoms with E-state index in [0.29, 0.717) is 12.5 Å². The van der Waals surface area contributed by atoms with E-state index < -0.39 is 0 Å². The van der Waals surface area contributed by atoms with E-state index in [1.165, 1.54) is 31.0 Å². The summed E-state index contributed by atoms with van der Waals surface area (Å²) in [4.78, 5) is 18.2. The van der Waals surface area contributed by atoms with Gasteiger partial charge < -0.3 is 0 Å². The van der Waals surface area contributed by atoms with Gasteiger partial charge in [0.1, 0.15) is 0 Å². The van der Waals surface area contributed by atoms with Crippen LogP contribution >= 0.6 is 24.0 Å². The zero-order valence-corrected chi connectivity index (χ0v) is 13.4. The van der Waals surface area contributed by atoms with Gasteiger partial charge in [-0.05, 0) is 37.9 Å². The molecule has 1 atom stereocenters. The number of thioether (sulfide) groups is 1. The van der Waals surface area contributed by atoms with Crippen LogP contribution in [0.15, 0.2) is 4.99 Å². The van der Waals surface area contributed by atoms with Crippen molar-refractivity contribution < 1.29 is 4.79 Å². The lowest BCUT2D eigenvalue weighted by Gasteiger charge is -2.39. The van der Waals surface area contributed by atoms with E-state index >= 15 is 0 Å². The van der Waals surface area contributed by atoms with E-state index in [1.807, 2.05) is 0 Å². The molecule has 3 aliphatic rings. The lowest BCUT2D eigenvalue weighted by atomic mass is 10.0. The van der Waals surface area contributed by atoms with Crippen LogP contribution in [0.2, 0.25) is 0 Å². The summed E-state index contributed by atoms with van der Waals surface area (Å²) in [5.74, 6) is -0.0222. The van der Waals surface area contributed by atoms with Gasteiger partial charge in [-0.25, -0.2) is 0 Å². The van der Waals surface area contributed by atoms with Crippen molar-refractivity contribution in [1.82, 2.24) is 14.9 Å². The Kier molecular flexibility index (Phi) is 4.28. The Balaban J connectivity index is 1.74. The fourth-order valence-corrected chi connectivity index (χ4v) is 4.14. The number of thiocarbonyl (C=S) groups is 1. The Labute approximate surface area is 129 Å². The molecule has 0 spiro atoms. The lowest BCUT2D eigenvalue weighted by molar-refractivity contribution is -0.117. The summed E-state index contributed by atoms with van der Waals surface area (Å²) < 4.78 is 0.816. The number of amides is 1. The Hall–Kier alpha value is -0.660. The zero-order valence-electron chi connectivity index (χ0n) is 11.7. The molecule has 3 aliphatic heterocycles. The first-order valence-electron chi connectivity index (χ1n) is 7.27. The summed E-state index contributed by atoms with van der Waals surface area (Å²) in [6.45, 7) is 5.07. The van der Waals surface area contributed by atoms with Crippen LogP contribution in [0.3, 0.4) is 0 Å². The molecule has 3 rings (SSSR count). The summed E-state index contributed by atoms with van der Waals surface area (Å²) >= 11 is 6.92. The van der Waals surface area contributed by atoms with Gasteiger partial charge in [-0.1, -0.05) is 18.6 Å². The van der Waals surface area contributed by atoms with E-state index in [2.05, 4.69) is 26.8 Å². The Morgan fingerprint density at radius 3 is 3.00 bits per heavy atom. The van der Waals surface area contributed by atoms with Crippen LogP contribution in [0.1, 0.15) is 39.0 Å². The highest BCUT2D eigenvalue weighted by Gasteiger charge is 2.36. The molecule has 0 bridgehead atoms. The number of amidine groups is 1. The maximum atomic E-state index is 11.6. The van der Waals surface area contributed by atoms with Crippen molar-refractivity contribution >= 4 is 39.4 Å². The van der Waals surface area contributed by atoms with Crippen molar-refractivity contribution in [3.05, 3.63) is 0 Å². The number of carbonyl (C=O) groups excluding carboxylic acids is 1. The third-order valence-electron chi connectivity index (χ3n) is 4.14. The molecule has 3 heterocycles. The molecular weight excluding hydrogens is 292 g/mol. The SMILES string of the molecule is C[C@H]1CCCCN1CN1C(=S)SC2=NC(=O)CCCN21. The van der Waals surface area contributed by atoms with Gasteiger partial charge in [0.2, 0.25) is 5.91 Å². The van der Waals surface area contributed by atoms with Gasteiger partial charge >= 0.3 is 0 Å². The smallest absolute Gasteiger partial charge is 0.248 e. The molecule has 0 aromatic carbocycles. The van der Waals surface area contributed by atoms with E-state index in [9.17, 15) is 4.79 Å². The minimum atomic E-state index is -0.0222. The predicted octanol–water partition coefficient (Wildman–Crippen LogP) is 2.05. The van der Waals surface area contributed by atoms with E-state index in [0.717, 1.165) is 35.7 Å². The fraction of sp³-hybridized carbons (Fsp3) is 0.769. The van der Waals surface area contributed by atoms with Crippen LogP contribution < -0.4 is 0 Å². The first-order valence-corrected chi connectivity index (χ1v) is 8.50. The second kappa shape index (κ2) is 5.99. The zero-order chi connectivity index (χ0) is 14.1. The molecule has 0 aromatic rings. The number of hydrogen-bond donors (Lipinski definition) is 0. The maximum Gasteiger partial charge on any atom is 0.248 e. The Bertz CT molecular complexity index is 454. The number of piperidine rings is 1. The van der Waals surface area contributed by atoms with Crippen LogP contribution in [0, 0.1) is 0 Å². The van der Waals surface area contributed by atoms with Crippen LogP contribution in [0.4, 0.5) is 0 Å². The molecule has 0 radical (unpaired) electrons. The highest BCUT2D eigenvalue weighted by atomic mass is 32.2. The third-order valence-corrected chi connectivity index (χ3v) is 5.47. The maximum absolute atomic E-state index is 11.6. The molecule has 110 valence electrons. The van der Waals surface area contributed by atoms with Crippen LogP contribution in [-0.2, 0) is 4.79 Å². The summed E-state index contributed by atoms with van der Waals surface area (Å²) in [5, 5.41) is 4.99. The number of rotatable bonds is 2. The molecule has 0 N–H and O–H groups in total. The minimum absolute atomic E-state index is 0.0222. The molecule has 20 heavy (non-hydrogen) atoms. The summed E-state index contributed by atoms with van der Waals surface area (Å²) in [6.07, 6.45) is 5.23. The standard InChI is InChI=1S/C13H20N4OS2/c1-10-5-2-3-7-15(10)9-17-13(19)20-12-14-11(18)6-4-8-16(12)17/h10H,2-9H2,1H3/t10-/m0/s1. The highest BCUT2D eigenvalue weighted by molar-refractivity contribution is 8.33. The van der Waals surface area contributed by atoms with Crippen molar-refractivity contribution in [1.29, 1.82) is 0 Å². The molecular formula is C13H20N4OS2. The van der Waals surface area contributed by atoms with Crippen LogP contribution in [0.25, 0.3) is 0 Å². The first kappa shape index (κ1) is 14.3. The van der Waals surface area contributed by atoms with Gasteiger partial charge in [-0.2, -0.15) is 4.99 Å². The van der Waals surface area contributed by atoms with Gasteiger partial charge in [0.25, 0.3) is 0 Å². The molecule has 2 saturated heterocycles. The van der Waals surface area contributed by atoms with Crippen LogP contribution in [0.5, 0.6) is 0 Å². The second-order valence-corrected chi connectivity index (χ2v) is 7.18. The van der Waals surface area contributed by atoms with E-state index in [4.69, 9.17) is 12.2 Å². The van der Waals surface area contributed by atoms with E-state index in [-0.39, 0.29) is 5.91 Å². The van der Waals surface area contributed by atoms with Gasteiger partial charge in [0, 0.05) is 25.6 Å². The van der Waals surface area contributed by atoms with Crippen LogP contribution in [-0.4, -0.2) is 56.1 Å². The Morgan fingerprint density at radius 1 is 1.35 bits per heavy atom. The molecule has 0 saturated carbocycles. The summed E-state index contributed by atoms with van der Waals surface area (Å²) in [7, 11) is 0. The third kappa shape index (κ3) is 2.84. The fourth-order valence-electron chi connectivity index (χ4n) is 2.90. The number of fused-ring (bicyclic) bond motifs is 1. The monoisotopic (exact) mass is 312 g/mol. The number of aliphatic imine (C=N–C) groups is 1. The number of hydrazine groups is 1. The molecule has 0 aromatic heterocycles. The molecule has 7 heteroatoms. The van der Waals surface area contributed by atoms with Crippen molar-refractivity contribution in [2.75, 3.05) is 19.8 Å². The largest absolute Gasteiger partial charge is 0.282 e. The van der Waals surface area contributed by atoms with E-state index in [1.54, 1.807) is 0 Å². The van der Waals surface area contributed by atoms with Gasteiger partial charge in [0.05, 0.1) is 6.67 Å². The van der Waals surface area contributed by atoms with Gasteiger partial charge in [-0.15, -0.1) is 0 Å². The lowest BCUT2D eigenvalue weighted by Crippen LogP contribution is -2.50. The van der Waals surface area contributed by atoms with Gasteiger partial charge in [-0.3, -0.25) is 19.7 Å². The topological polar surface area (TPSA) is 39.1 Å². The molecule has 2 fully saturated rings. The average molecular weight is 312 g/mol. The Morgan fingerprint density at radius 2 is 2.20 bits per heavy atom. The normalized spacial score (nSPS) is 28.4. The van der Waals surface area contributed by atoms with Crippen molar-refractivity contribution in [2.45, 2.75) is 45.1 Å². The van der Waals surface area contributed by atoms with Crippen molar-refractivity contribution in [3.63, 3.8) is 0 Å². The number of likely N-dealkylation sites (tertiary alicyclic amines) is 1. The second-order valence-electron chi connectivity index (χ2n) is 5.58. The highest BCUT2D eigenvalue weighted by Crippen LogP contribution is 2.30. The number of carbonyl (C=O) groups is 1. The molecule has 5 nitrogen and oxygen atoms in total. The molecule has 1 amide bonds. The summed E-state index contributed by atoms with van der Waals surface area (Å²) in [5.41, 5.74) is 0.